The fourth-order valence-electron chi connectivity index (χ4n) is 4.66. The first kappa shape index (κ1) is 25.1. The monoisotopic (exact) mass is 515 g/mol. The van der Waals surface area contributed by atoms with E-state index in [1.54, 1.807) is 32.7 Å². The van der Waals surface area contributed by atoms with E-state index < -0.39 is 0 Å². The van der Waals surface area contributed by atoms with Crippen molar-refractivity contribution in [3.63, 3.8) is 0 Å². The maximum atomic E-state index is 5.36. The van der Waals surface area contributed by atoms with Gasteiger partial charge in [-0.05, 0) is 84.6 Å². The fourth-order valence-corrected chi connectivity index (χ4v) is 5.73. The number of nitrogens with one attached hydrogen (secondary N) is 1. The van der Waals surface area contributed by atoms with Gasteiger partial charge in [-0.3, -0.25) is 4.90 Å². The summed E-state index contributed by atoms with van der Waals surface area (Å²) >= 11 is 1.71. The average molecular weight is 516 g/mol. The van der Waals surface area contributed by atoms with Gasteiger partial charge in [-0.25, -0.2) is 4.98 Å². The predicted molar refractivity (Wildman–Crippen MR) is 151 cm³/mol. The molecule has 3 aromatic carbocycles. The lowest BCUT2D eigenvalue weighted by Crippen LogP contribution is -2.38. The molecule has 4 aromatic rings. The van der Waals surface area contributed by atoms with E-state index >= 15 is 0 Å². The molecule has 192 valence electrons. The molecule has 0 unspecified atom stereocenters. The van der Waals surface area contributed by atoms with E-state index in [4.69, 9.17) is 19.2 Å². The molecule has 1 N–H and O–H groups in total. The normalized spacial score (nSPS) is 14.4. The van der Waals surface area contributed by atoms with Crippen LogP contribution >= 0.6 is 11.3 Å². The van der Waals surface area contributed by atoms with E-state index in [2.05, 4.69) is 46.6 Å². The third-order valence-electron chi connectivity index (χ3n) is 6.82. The number of hydrogen-bond acceptors (Lipinski definition) is 7. The topological polar surface area (TPSA) is 55.9 Å². The highest BCUT2D eigenvalue weighted by Gasteiger charge is 2.22. The molecule has 0 spiro atoms. The largest absolute Gasteiger partial charge is 0.497 e. The summed E-state index contributed by atoms with van der Waals surface area (Å²) in [5, 5.41) is 4.70. The Morgan fingerprint density at radius 3 is 1.81 bits per heavy atom. The van der Waals surface area contributed by atoms with Gasteiger partial charge in [0.25, 0.3) is 0 Å². The van der Waals surface area contributed by atoms with Crippen LogP contribution < -0.4 is 19.5 Å². The number of rotatable bonds is 9. The first-order chi connectivity index (χ1) is 18.1. The van der Waals surface area contributed by atoms with Gasteiger partial charge in [-0.1, -0.05) is 23.5 Å². The minimum atomic E-state index is 0.408. The summed E-state index contributed by atoms with van der Waals surface area (Å²) < 4.78 is 16.0. The number of hydrogen-bond donors (Lipinski definition) is 1. The van der Waals surface area contributed by atoms with Gasteiger partial charge < -0.3 is 19.5 Å². The standard InChI is InChI=1S/C30H33N3O3S/c1-34-25-10-4-21(5-11-25)20-33-18-16-24(17-19-33)31-30-32-28(22-6-12-26(35-2)13-7-22)29(37-30)23-8-14-27(36-3)15-9-23/h4-15,24H,16-20H2,1-3H3,(H,31,32). The van der Waals surface area contributed by atoms with Crippen LogP contribution in [0.4, 0.5) is 5.13 Å². The molecule has 1 aromatic heterocycles. The molecule has 0 aliphatic carbocycles. The second-order valence-corrected chi connectivity index (χ2v) is 10.2. The van der Waals surface area contributed by atoms with E-state index in [0.29, 0.717) is 6.04 Å². The van der Waals surface area contributed by atoms with Crippen molar-refractivity contribution in [3.8, 4) is 38.9 Å². The number of piperidine rings is 1. The van der Waals surface area contributed by atoms with Crippen LogP contribution in [0.1, 0.15) is 18.4 Å². The smallest absolute Gasteiger partial charge is 0.184 e. The summed E-state index contributed by atoms with van der Waals surface area (Å²) in [4.78, 5) is 8.73. The van der Waals surface area contributed by atoms with E-state index in [-0.39, 0.29) is 0 Å². The Balaban J connectivity index is 1.29. The SMILES string of the molecule is COc1ccc(CN2CCC(Nc3nc(-c4ccc(OC)cc4)c(-c4ccc(OC)cc4)s3)CC2)cc1. The van der Waals surface area contributed by atoms with E-state index in [1.165, 1.54) is 5.56 Å². The maximum Gasteiger partial charge on any atom is 0.184 e. The van der Waals surface area contributed by atoms with Crippen molar-refractivity contribution >= 4 is 16.5 Å². The lowest BCUT2D eigenvalue weighted by atomic mass is 10.0. The number of nitrogens with zero attached hydrogens (tertiary/aromatic N) is 2. The third kappa shape index (κ3) is 6.06. The zero-order valence-corrected chi connectivity index (χ0v) is 22.4. The molecule has 37 heavy (non-hydrogen) atoms. The molecule has 0 amide bonds. The van der Waals surface area contributed by atoms with Crippen molar-refractivity contribution < 1.29 is 14.2 Å². The Labute approximate surface area is 222 Å². The maximum absolute atomic E-state index is 5.36. The minimum absolute atomic E-state index is 0.408. The molecule has 5 rings (SSSR count). The van der Waals surface area contributed by atoms with Gasteiger partial charge in [0.2, 0.25) is 0 Å². The van der Waals surface area contributed by atoms with E-state index in [9.17, 15) is 0 Å². The third-order valence-corrected chi connectivity index (χ3v) is 7.86. The van der Waals surface area contributed by atoms with Crippen LogP contribution in [0, 0.1) is 0 Å². The van der Waals surface area contributed by atoms with Crippen LogP contribution in [0.15, 0.2) is 72.8 Å². The van der Waals surface area contributed by atoms with E-state index in [0.717, 1.165) is 76.6 Å². The highest BCUT2D eigenvalue weighted by Crippen LogP contribution is 2.40. The van der Waals surface area contributed by atoms with Crippen LogP contribution in [-0.4, -0.2) is 50.3 Å². The van der Waals surface area contributed by atoms with Gasteiger partial charge >= 0.3 is 0 Å². The average Bonchev–Trinajstić information content (AvgIpc) is 3.38. The number of anilines is 1. The van der Waals surface area contributed by atoms with Crippen LogP contribution in [0.25, 0.3) is 21.7 Å². The molecule has 1 fully saturated rings. The van der Waals surface area contributed by atoms with Gasteiger partial charge in [0.15, 0.2) is 5.13 Å². The molecule has 1 aliphatic rings. The van der Waals surface area contributed by atoms with Crippen molar-refractivity contribution in [3.05, 3.63) is 78.4 Å². The van der Waals surface area contributed by atoms with Crippen molar-refractivity contribution in [2.45, 2.75) is 25.4 Å². The predicted octanol–water partition coefficient (Wildman–Crippen LogP) is 6.58. The zero-order valence-electron chi connectivity index (χ0n) is 21.6. The van der Waals surface area contributed by atoms with E-state index in [1.807, 2.05) is 36.4 Å². The number of benzene rings is 3. The molecular weight excluding hydrogens is 482 g/mol. The minimum Gasteiger partial charge on any atom is -0.497 e. The van der Waals surface area contributed by atoms with Crippen molar-refractivity contribution in [2.75, 3.05) is 39.7 Å². The fraction of sp³-hybridized carbons (Fsp3) is 0.300. The highest BCUT2D eigenvalue weighted by atomic mass is 32.1. The molecule has 6 nitrogen and oxygen atoms in total. The molecule has 7 heteroatoms. The molecule has 0 saturated carbocycles. The molecule has 1 saturated heterocycles. The van der Waals surface area contributed by atoms with Gasteiger partial charge in [0, 0.05) is 31.2 Å². The van der Waals surface area contributed by atoms with Gasteiger partial charge in [-0.2, -0.15) is 0 Å². The quantitative estimate of drug-likeness (QED) is 0.272. The molecule has 2 heterocycles. The first-order valence-electron chi connectivity index (χ1n) is 12.6. The van der Waals surface area contributed by atoms with Crippen molar-refractivity contribution in [1.82, 2.24) is 9.88 Å². The van der Waals surface area contributed by atoms with Gasteiger partial charge in [0.1, 0.15) is 17.2 Å². The Bertz CT molecular complexity index is 1210. The Morgan fingerprint density at radius 2 is 1.27 bits per heavy atom. The lowest BCUT2D eigenvalue weighted by Gasteiger charge is -2.32. The number of likely N-dealkylation sites (tertiary alicyclic amines) is 1. The Hall–Kier alpha value is -3.55. The van der Waals surface area contributed by atoms with Crippen LogP contribution in [-0.2, 0) is 6.54 Å². The zero-order chi connectivity index (χ0) is 25.6. The molecular formula is C30H33N3O3S. The molecule has 0 bridgehead atoms. The Morgan fingerprint density at radius 1 is 0.757 bits per heavy atom. The summed E-state index contributed by atoms with van der Waals surface area (Å²) in [6, 6.07) is 25.1. The molecule has 0 atom stereocenters. The van der Waals surface area contributed by atoms with Crippen LogP contribution in [0.3, 0.4) is 0 Å². The number of aromatic nitrogens is 1. The van der Waals surface area contributed by atoms with Crippen molar-refractivity contribution in [1.29, 1.82) is 0 Å². The Kier molecular flexibility index (Phi) is 7.92. The summed E-state index contributed by atoms with van der Waals surface area (Å²) in [5.74, 6) is 2.59. The molecule has 0 radical (unpaired) electrons. The number of ether oxygens (including phenoxy) is 3. The second kappa shape index (κ2) is 11.7. The summed E-state index contributed by atoms with van der Waals surface area (Å²) in [6.07, 6.45) is 2.18. The highest BCUT2D eigenvalue weighted by molar-refractivity contribution is 7.19. The summed E-state index contributed by atoms with van der Waals surface area (Å²) in [5.41, 5.74) is 4.51. The van der Waals surface area contributed by atoms with Crippen LogP contribution in [0.2, 0.25) is 0 Å². The molecule has 1 aliphatic heterocycles. The number of thiazole rings is 1. The summed E-state index contributed by atoms with van der Waals surface area (Å²) in [6.45, 7) is 3.09. The summed E-state index contributed by atoms with van der Waals surface area (Å²) in [7, 11) is 5.08. The number of methoxy groups -OCH3 is 3. The van der Waals surface area contributed by atoms with Crippen molar-refractivity contribution in [2.24, 2.45) is 0 Å². The second-order valence-electron chi connectivity index (χ2n) is 9.20. The first-order valence-corrected chi connectivity index (χ1v) is 13.4. The lowest BCUT2D eigenvalue weighted by molar-refractivity contribution is 0.211. The van der Waals surface area contributed by atoms with Gasteiger partial charge in [0.05, 0.1) is 31.9 Å². The van der Waals surface area contributed by atoms with Crippen LogP contribution in [0.5, 0.6) is 17.2 Å². The van der Waals surface area contributed by atoms with Gasteiger partial charge in [-0.15, -0.1) is 0 Å².